The van der Waals surface area contributed by atoms with E-state index in [1.54, 1.807) is 7.11 Å². The normalized spacial score (nSPS) is 17.3. The van der Waals surface area contributed by atoms with Crippen LogP contribution in [0.25, 0.3) is 0 Å². The Morgan fingerprint density at radius 3 is 2.72 bits per heavy atom. The standard InChI is InChI=1S/C12H13O3S2.Li/c1-13-10-8(12-16-5-2-6-17-12)3-4-9-11(10)15-7-14-9;/h3-4H,2,5-7H2,1H3;/q-1;+1. The van der Waals surface area contributed by atoms with Gasteiger partial charge in [-0.05, 0) is 17.9 Å². The quantitative estimate of drug-likeness (QED) is 0.566. The van der Waals surface area contributed by atoms with E-state index in [1.165, 1.54) is 22.5 Å². The van der Waals surface area contributed by atoms with Gasteiger partial charge in [-0.3, -0.25) is 0 Å². The molecular weight excluding hydrogens is 263 g/mol. The van der Waals surface area contributed by atoms with Crippen molar-refractivity contribution in [2.75, 3.05) is 25.4 Å². The molecule has 2 aliphatic rings. The predicted octanol–water partition coefficient (Wildman–Crippen LogP) is 0.136. The van der Waals surface area contributed by atoms with Gasteiger partial charge in [0.25, 0.3) is 0 Å². The molecule has 18 heavy (non-hydrogen) atoms. The Morgan fingerprint density at radius 2 is 2.00 bits per heavy atom. The fraction of sp³-hybridized carbons (Fsp3) is 0.417. The molecule has 1 aromatic carbocycles. The van der Waals surface area contributed by atoms with Crippen LogP contribution in [0.4, 0.5) is 0 Å². The molecule has 0 atom stereocenters. The molecule has 3 rings (SSSR count). The summed E-state index contributed by atoms with van der Waals surface area (Å²) in [4.78, 5) is 0. The summed E-state index contributed by atoms with van der Waals surface area (Å²) in [5, 5.41) is 0. The monoisotopic (exact) mass is 276 g/mol. The first-order chi connectivity index (χ1) is 8.40. The van der Waals surface area contributed by atoms with Crippen molar-refractivity contribution in [1.29, 1.82) is 0 Å². The molecule has 0 N–H and O–H groups in total. The second-order valence-corrected chi connectivity index (χ2v) is 6.19. The van der Waals surface area contributed by atoms with E-state index in [0.717, 1.165) is 22.8 Å². The van der Waals surface area contributed by atoms with Crippen molar-refractivity contribution >= 4 is 23.5 Å². The van der Waals surface area contributed by atoms with Gasteiger partial charge >= 0.3 is 18.9 Å². The molecule has 92 valence electrons. The minimum Gasteiger partial charge on any atom is -0.550 e. The topological polar surface area (TPSA) is 27.7 Å². The smallest absolute Gasteiger partial charge is 0.550 e. The summed E-state index contributed by atoms with van der Waals surface area (Å²) in [7, 11) is 1.68. The summed E-state index contributed by atoms with van der Waals surface area (Å²) in [6.07, 6.45) is 1.27. The van der Waals surface area contributed by atoms with Crippen LogP contribution in [-0.2, 0) is 0 Å². The van der Waals surface area contributed by atoms with Crippen LogP contribution in [0.1, 0.15) is 12.0 Å². The number of benzene rings is 1. The third kappa shape index (κ3) is 2.55. The van der Waals surface area contributed by atoms with E-state index >= 15 is 0 Å². The fourth-order valence-electron chi connectivity index (χ4n) is 1.90. The second-order valence-electron chi connectivity index (χ2n) is 3.72. The third-order valence-corrected chi connectivity index (χ3v) is 5.33. The molecule has 0 saturated carbocycles. The van der Waals surface area contributed by atoms with E-state index in [1.807, 2.05) is 29.6 Å². The van der Waals surface area contributed by atoms with Gasteiger partial charge in [-0.1, -0.05) is 10.6 Å². The molecule has 6 heteroatoms. The van der Waals surface area contributed by atoms with Gasteiger partial charge in [0.05, 0.1) is 12.9 Å². The first-order valence-electron chi connectivity index (χ1n) is 5.49. The predicted molar refractivity (Wildman–Crippen MR) is 71.0 cm³/mol. The summed E-state index contributed by atoms with van der Waals surface area (Å²) in [6, 6.07) is 4.02. The molecule has 1 fully saturated rings. The zero-order chi connectivity index (χ0) is 11.7. The maximum atomic E-state index is 5.49. The Kier molecular flexibility index (Phi) is 4.96. The molecule has 2 aliphatic heterocycles. The van der Waals surface area contributed by atoms with Gasteiger partial charge in [-0.2, -0.15) is 29.6 Å². The largest absolute Gasteiger partial charge is 1.00 e. The Bertz CT molecular complexity index is 422. The van der Waals surface area contributed by atoms with E-state index in [-0.39, 0.29) is 25.7 Å². The van der Waals surface area contributed by atoms with Crippen molar-refractivity contribution in [2.45, 2.75) is 6.42 Å². The number of methoxy groups -OCH3 is 1. The van der Waals surface area contributed by atoms with Gasteiger partial charge in [0.2, 0.25) is 6.79 Å². The summed E-state index contributed by atoms with van der Waals surface area (Å²) < 4.78 is 17.6. The number of fused-ring (bicyclic) bond motifs is 1. The summed E-state index contributed by atoms with van der Waals surface area (Å²) >= 11 is 3.79. The average molecular weight is 276 g/mol. The van der Waals surface area contributed by atoms with Crippen molar-refractivity contribution in [3.8, 4) is 17.2 Å². The minimum atomic E-state index is 0. The van der Waals surface area contributed by atoms with Crippen molar-refractivity contribution in [2.24, 2.45) is 0 Å². The maximum Gasteiger partial charge on any atom is 1.00 e. The van der Waals surface area contributed by atoms with Crippen LogP contribution in [0, 0.1) is 4.58 Å². The summed E-state index contributed by atoms with van der Waals surface area (Å²) in [5.41, 5.74) is 1.13. The third-order valence-electron chi connectivity index (χ3n) is 2.67. The van der Waals surface area contributed by atoms with Crippen LogP contribution in [0.2, 0.25) is 0 Å². The molecule has 1 aromatic rings. The van der Waals surface area contributed by atoms with Gasteiger partial charge < -0.3 is 14.2 Å². The van der Waals surface area contributed by atoms with E-state index in [9.17, 15) is 0 Å². The zero-order valence-electron chi connectivity index (χ0n) is 10.5. The number of hydrogen-bond acceptors (Lipinski definition) is 5. The molecule has 0 aromatic heterocycles. The van der Waals surface area contributed by atoms with E-state index in [0.29, 0.717) is 0 Å². The van der Waals surface area contributed by atoms with Crippen LogP contribution in [-0.4, -0.2) is 25.4 Å². The molecule has 0 bridgehead atoms. The zero-order valence-corrected chi connectivity index (χ0v) is 12.2. The number of hydrogen-bond donors (Lipinski definition) is 0. The number of ether oxygens (including phenoxy) is 3. The fourth-order valence-corrected chi connectivity index (χ4v) is 4.49. The molecule has 0 spiro atoms. The van der Waals surface area contributed by atoms with Crippen LogP contribution in [0.3, 0.4) is 0 Å². The Morgan fingerprint density at radius 1 is 1.22 bits per heavy atom. The molecule has 3 nitrogen and oxygen atoms in total. The Balaban J connectivity index is 0.00000120. The number of thioether (sulfide) groups is 2. The van der Waals surface area contributed by atoms with Crippen LogP contribution >= 0.6 is 23.5 Å². The van der Waals surface area contributed by atoms with Gasteiger partial charge in [-0.15, -0.1) is 5.56 Å². The molecule has 0 unspecified atom stereocenters. The van der Waals surface area contributed by atoms with Crippen molar-refractivity contribution in [1.82, 2.24) is 0 Å². The SMILES string of the molecule is COc1c([C-]2SCCCS2)ccc2c1OCO2.[Li+]. The van der Waals surface area contributed by atoms with Crippen molar-refractivity contribution < 1.29 is 33.1 Å². The maximum absolute atomic E-state index is 5.49. The van der Waals surface area contributed by atoms with Gasteiger partial charge in [0, 0.05) is 0 Å². The first-order valence-corrected chi connectivity index (χ1v) is 7.47. The van der Waals surface area contributed by atoms with Crippen LogP contribution < -0.4 is 33.1 Å². The van der Waals surface area contributed by atoms with Gasteiger partial charge in [-0.25, -0.2) is 0 Å². The van der Waals surface area contributed by atoms with Gasteiger partial charge in [0.15, 0.2) is 5.75 Å². The molecule has 2 heterocycles. The van der Waals surface area contributed by atoms with E-state index in [4.69, 9.17) is 14.2 Å². The molecule has 0 aliphatic carbocycles. The van der Waals surface area contributed by atoms with Gasteiger partial charge in [0.1, 0.15) is 5.75 Å². The van der Waals surface area contributed by atoms with E-state index < -0.39 is 0 Å². The molecule has 0 radical (unpaired) electrons. The Hall–Kier alpha value is -0.213. The van der Waals surface area contributed by atoms with Crippen LogP contribution in [0.5, 0.6) is 17.2 Å². The van der Waals surface area contributed by atoms with Crippen molar-refractivity contribution in [3.05, 3.63) is 22.3 Å². The number of rotatable bonds is 2. The molecule has 0 amide bonds. The van der Waals surface area contributed by atoms with Crippen molar-refractivity contribution in [3.63, 3.8) is 0 Å². The molecular formula is C12H13LiO3S2. The average Bonchev–Trinajstić information content (AvgIpc) is 2.86. The van der Waals surface area contributed by atoms with Crippen LogP contribution in [0.15, 0.2) is 12.1 Å². The molecule has 1 saturated heterocycles. The van der Waals surface area contributed by atoms with E-state index in [2.05, 4.69) is 6.07 Å². The Labute approximate surface area is 127 Å². The minimum absolute atomic E-state index is 0. The summed E-state index contributed by atoms with van der Waals surface area (Å²) in [5.74, 6) is 4.68. The summed E-state index contributed by atoms with van der Waals surface area (Å²) in [6.45, 7) is 0.283. The second kappa shape index (κ2) is 6.29. The first kappa shape index (κ1) is 14.2.